The van der Waals surface area contributed by atoms with Crippen LogP contribution in [0.15, 0.2) is 47.3 Å². The summed E-state index contributed by atoms with van der Waals surface area (Å²) in [5.74, 6) is 0.256. The Kier molecular flexibility index (Phi) is 6.09. The first kappa shape index (κ1) is 20.3. The number of rotatable bonds is 7. The van der Waals surface area contributed by atoms with E-state index in [1.54, 1.807) is 48.5 Å². The molecular formula is C21H20ClN3O4. The van der Waals surface area contributed by atoms with Gasteiger partial charge in [-0.15, -0.1) is 0 Å². The summed E-state index contributed by atoms with van der Waals surface area (Å²) in [4.78, 5) is 23.8. The van der Waals surface area contributed by atoms with Crippen molar-refractivity contribution in [3.05, 3.63) is 74.0 Å². The van der Waals surface area contributed by atoms with E-state index < -0.39 is 5.91 Å². The van der Waals surface area contributed by atoms with E-state index in [0.29, 0.717) is 44.9 Å². The van der Waals surface area contributed by atoms with Crippen molar-refractivity contribution in [3.8, 4) is 17.2 Å². The molecule has 3 N–H and O–H groups in total. The summed E-state index contributed by atoms with van der Waals surface area (Å²) >= 11 is 5.91. The van der Waals surface area contributed by atoms with Crippen molar-refractivity contribution in [2.24, 2.45) is 5.73 Å². The van der Waals surface area contributed by atoms with Crippen molar-refractivity contribution in [2.75, 3.05) is 13.2 Å². The number of aromatic nitrogens is 2. The summed E-state index contributed by atoms with van der Waals surface area (Å²) in [7, 11) is 0. The van der Waals surface area contributed by atoms with Crippen molar-refractivity contribution in [1.29, 1.82) is 0 Å². The lowest BCUT2D eigenvalue weighted by atomic mass is 10.1. The number of nitrogens with zero attached hydrogens (tertiary/aromatic N) is 1. The molecule has 7 nitrogen and oxygen atoms in total. The average Bonchev–Trinajstić information content (AvgIpc) is 2.96. The van der Waals surface area contributed by atoms with Crippen LogP contribution in [0.4, 0.5) is 0 Å². The number of aromatic amines is 1. The Morgan fingerprint density at radius 1 is 1.21 bits per heavy atom. The molecule has 150 valence electrons. The lowest BCUT2D eigenvalue weighted by molar-refractivity contribution is -0.119. The van der Waals surface area contributed by atoms with E-state index in [2.05, 4.69) is 11.7 Å². The number of carbonyl (C=O) groups is 1. The number of H-pyrrole nitrogens is 1. The second-order valence-electron chi connectivity index (χ2n) is 6.16. The molecule has 1 heterocycles. The highest BCUT2D eigenvalue weighted by Crippen LogP contribution is 2.28. The SMILES string of the molecule is C=c1[nH]n(-c2ccc(Cl)cc2)c(=O)/c1=C\c1ccc(OCC(N)=O)c(OCC)c1. The first-order valence-corrected chi connectivity index (χ1v) is 9.22. The normalized spacial score (nSPS) is 11.4. The number of nitrogens with one attached hydrogen (secondary N) is 1. The van der Waals surface area contributed by atoms with Gasteiger partial charge >= 0.3 is 0 Å². The molecule has 2 aromatic carbocycles. The molecule has 0 saturated heterocycles. The smallest absolute Gasteiger partial charge is 0.279 e. The molecule has 0 aliphatic heterocycles. The number of halogens is 1. The van der Waals surface area contributed by atoms with Crippen molar-refractivity contribution in [2.45, 2.75) is 6.92 Å². The van der Waals surface area contributed by atoms with Crippen LogP contribution in [0.3, 0.4) is 0 Å². The lowest BCUT2D eigenvalue weighted by Gasteiger charge is -2.11. The maximum absolute atomic E-state index is 12.9. The minimum Gasteiger partial charge on any atom is -0.490 e. The Morgan fingerprint density at radius 3 is 2.59 bits per heavy atom. The number of carbonyl (C=O) groups excluding carboxylic acids is 1. The van der Waals surface area contributed by atoms with Gasteiger partial charge in [0.1, 0.15) is 0 Å². The first-order chi connectivity index (χ1) is 13.9. The van der Waals surface area contributed by atoms with E-state index in [-0.39, 0.29) is 12.2 Å². The molecular weight excluding hydrogens is 394 g/mol. The summed E-state index contributed by atoms with van der Waals surface area (Å²) in [6.45, 7) is 5.91. The summed E-state index contributed by atoms with van der Waals surface area (Å²) in [5.41, 5.74) is 6.24. The molecule has 1 aromatic heterocycles. The van der Waals surface area contributed by atoms with Crippen molar-refractivity contribution in [3.63, 3.8) is 0 Å². The number of primary amides is 1. The van der Waals surface area contributed by atoms with E-state index in [0.717, 1.165) is 0 Å². The maximum Gasteiger partial charge on any atom is 0.279 e. The minimum absolute atomic E-state index is 0.246. The van der Waals surface area contributed by atoms with Gasteiger partial charge in [-0.1, -0.05) is 24.2 Å². The van der Waals surface area contributed by atoms with E-state index in [1.165, 1.54) is 4.68 Å². The van der Waals surface area contributed by atoms with Crippen LogP contribution in [0.5, 0.6) is 11.5 Å². The topological polar surface area (TPSA) is 99.3 Å². The Morgan fingerprint density at radius 2 is 1.93 bits per heavy atom. The molecule has 29 heavy (non-hydrogen) atoms. The van der Waals surface area contributed by atoms with Gasteiger partial charge in [-0.05, 0) is 55.0 Å². The van der Waals surface area contributed by atoms with E-state index in [1.807, 2.05) is 6.92 Å². The molecule has 0 aliphatic carbocycles. The average molecular weight is 414 g/mol. The van der Waals surface area contributed by atoms with Crippen molar-refractivity contribution < 1.29 is 14.3 Å². The maximum atomic E-state index is 12.9. The fourth-order valence-electron chi connectivity index (χ4n) is 2.73. The third-order valence-electron chi connectivity index (χ3n) is 4.04. The van der Waals surface area contributed by atoms with Gasteiger partial charge < -0.3 is 15.2 Å². The number of benzene rings is 2. The molecule has 0 bridgehead atoms. The molecule has 0 atom stereocenters. The monoisotopic (exact) mass is 413 g/mol. The molecule has 3 rings (SSSR count). The fraction of sp³-hybridized carbons (Fsp3) is 0.143. The molecule has 1 amide bonds. The Bertz CT molecular complexity index is 1200. The largest absolute Gasteiger partial charge is 0.490 e. The summed E-state index contributed by atoms with van der Waals surface area (Å²) < 4.78 is 12.3. The number of hydrogen-bond donors (Lipinski definition) is 2. The van der Waals surface area contributed by atoms with Gasteiger partial charge in [0.25, 0.3) is 11.5 Å². The Hall–Kier alpha value is -3.45. The van der Waals surface area contributed by atoms with Crippen LogP contribution in [0.2, 0.25) is 5.02 Å². The van der Waals surface area contributed by atoms with Gasteiger partial charge in [0.15, 0.2) is 18.1 Å². The van der Waals surface area contributed by atoms with E-state index in [4.69, 9.17) is 26.8 Å². The van der Waals surface area contributed by atoms with Crippen LogP contribution in [-0.2, 0) is 4.79 Å². The quantitative estimate of drug-likeness (QED) is 0.610. The molecule has 0 saturated carbocycles. The van der Waals surface area contributed by atoms with Crippen LogP contribution in [0.1, 0.15) is 12.5 Å². The second-order valence-corrected chi connectivity index (χ2v) is 6.60. The molecule has 8 heteroatoms. The summed E-state index contributed by atoms with van der Waals surface area (Å²) in [6, 6.07) is 12.0. The van der Waals surface area contributed by atoms with Gasteiger partial charge in [-0.3, -0.25) is 14.7 Å². The molecule has 0 radical (unpaired) electrons. The van der Waals surface area contributed by atoms with Crippen LogP contribution in [-0.4, -0.2) is 28.9 Å². The van der Waals surface area contributed by atoms with Crippen LogP contribution in [0, 0.1) is 0 Å². The molecule has 0 fully saturated rings. The second kappa shape index (κ2) is 8.70. The van der Waals surface area contributed by atoms with Crippen molar-refractivity contribution >= 4 is 30.2 Å². The minimum atomic E-state index is -0.583. The highest BCUT2D eigenvalue weighted by atomic mass is 35.5. The zero-order valence-electron chi connectivity index (χ0n) is 15.8. The lowest BCUT2D eigenvalue weighted by Crippen LogP contribution is -2.33. The highest BCUT2D eigenvalue weighted by Gasteiger charge is 2.09. The standard InChI is InChI=1S/C21H20ClN3O4/c1-3-28-19-11-14(4-9-18(19)29-12-20(23)26)10-17-13(2)24-25(21(17)27)16-7-5-15(22)6-8-16/h4-11,24H,2-3,12H2,1H3,(H2,23,26)/b17-10-. The van der Waals surface area contributed by atoms with Crippen LogP contribution < -0.4 is 31.3 Å². The number of hydrogen-bond acceptors (Lipinski definition) is 4. The molecule has 3 aromatic rings. The van der Waals surface area contributed by atoms with Crippen LogP contribution >= 0.6 is 11.6 Å². The van der Waals surface area contributed by atoms with E-state index >= 15 is 0 Å². The third-order valence-corrected chi connectivity index (χ3v) is 4.29. The van der Waals surface area contributed by atoms with Gasteiger partial charge in [-0.25, -0.2) is 4.68 Å². The van der Waals surface area contributed by atoms with Gasteiger partial charge in [0.05, 0.1) is 22.9 Å². The van der Waals surface area contributed by atoms with Gasteiger partial charge in [0, 0.05) is 5.02 Å². The van der Waals surface area contributed by atoms with Crippen LogP contribution in [0.25, 0.3) is 18.3 Å². The zero-order chi connectivity index (χ0) is 21.0. The molecule has 0 spiro atoms. The first-order valence-electron chi connectivity index (χ1n) is 8.84. The Balaban J connectivity index is 2.03. The predicted octanol–water partition coefficient (Wildman–Crippen LogP) is 1.32. The van der Waals surface area contributed by atoms with Gasteiger partial charge in [0.2, 0.25) is 0 Å². The number of ether oxygens (including phenoxy) is 2. The van der Waals surface area contributed by atoms with E-state index in [9.17, 15) is 9.59 Å². The Labute approximate surface area is 171 Å². The number of nitrogens with two attached hydrogens (primary N) is 1. The predicted molar refractivity (Wildman–Crippen MR) is 112 cm³/mol. The zero-order valence-corrected chi connectivity index (χ0v) is 16.5. The van der Waals surface area contributed by atoms with Gasteiger partial charge in [-0.2, -0.15) is 0 Å². The summed E-state index contributed by atoms with van der Waals surface area (Å²) in [5, 5.41) is 4.42. The fourth-order valence-corrected chi connectivity index (χ4v) is 2.86. The number of amides is 1. The third kappa shape index (κ3) is 4.70. The van der Waals surface area contributed by atoms with Crippen molar-refractivity contribution in [1.82, 2.24) is 9.78 Å². The molecule has 0 unspecified atom stereocenters. The summed E-state index contributed by atoms with van der Waals surface area (Å²) in [6.07, 6.45) is 1.70. The highest BCUT2D eigenvalue weighted by molar-refractivity contribution is 6.30. The molecule has 0 aliphatic rings.